The Morgan fingerprint density at radius 3 is 2.60 bits per heavy atom. The van der Waals surface area contributed by atoms with Crippen LogP contribution in [-0.4, -0.2) is 34.8 Å². The molecule has 0 unspecified atom stereocenters. The summed E-state index contributed by atoms with van der Waals surface area (Å²) in [5.74, 6) is 0.914. The summed E-state index contributed by atoms with van der Waals surface area (Å²) >= 11 is 0. The van der Waals surface area contributed by atoms with Crippen molar-refractivity contribution in [1.29, 1.82) is 0 Å². The summed E-state index contributed by atoms with van der Waals surface area (Å²) in [7, 11) is 0. The Morgan fingerprint density at radius 1 is 1.00 bits per heavy atom. The molecule has 2 N–H and O–H groups in total. The fourth-order valence-electron chi connectivity index (χ4n) is 4.36. The van der Waals surface area contributed by atoms with Crippen molar-refractivity contribution in [3.05, 3.63) is 53.7 Å². The van der Waals surface area contributed by atoms with Crippen molar-refractivity contribution < 1.29 is 9.59 Å². The van der Waals surface area contributed by atoms with Crippen LogP contribution < -0.4 is 10.6 Å². The van der Waals surface area contributed by atoms with Gasteiger partial charge in [-0.05, 0) is 61.9 Å². The minimum Gasteiger partial charge on any atom is -0.365 e. The van der Waals surface area contributed by atoms with E-state index < -0.39 is 0 Å². The molecule has 1 aromatic carbocycles. The van der Waals surface area contributed by atoms with Gasteiger partial charge >= 0.3 is 0 Å². The predicted octanol–water partition coefficient (Wildman–Crippen LogP) is 4.45. The molecule has 2 fully saturated rings. The van der Waals surface area contributed by atoms with Gasteiger partial charge in [0.25, 0.3) is 5.91 Å². The summed E-state index contributed by atoms with van der Waals surface area (Å²) in [6, 6.07) is 11.5. The fraction of sp³-hybridized carbons (Fsp3) is 0.458. The van der Waals surface area contributed by atoms with Crippen LogP contribution in [0.5, 0.6) is 0 Å². The molecule has 1 aliphatic carbocycles. The van der Waals surface area contributed by atoms with Gasteiger partial charge in [-0.2, -0.15) is 0 Å². The lowest BCUT2D eigenvalue weighted by molar-refractivity contribution is -0.119. The van der Waals surface area contributed by atoms with Crippen molar-refractivity contribution in [1.82, 2.24) is 9.88 Å². The number of benzene rings is 1. The van der Waals surface area contributed by atoms with E-state index in [1.54, 1.807) is 6.20 Å². The second-order valence-electron chi connectivity index (χ2n) is 8.28. The maximum atomic E-state index is 12.9. The Kier molecular flexibility index (Phi) is 6.62. The minimum absolute atomic E-state index is 0.0443. The number of amides is 2. The van der Waals surface area contributed by atoms with Crippen molar-refractivity contribution in [2.45, 2.75) is 51.5 Å². The Morgan fingerprint density at radius 2 is 1.80 bits per heavy atom. The van der Waals surface area contributed by atoms with E-state index in [9.17, 15) is 9.59 Å². The number of nitrogens with one attached hydrogen (secondary N) is 2. The standard InChI is InChI=1S/C24H30N4O2/c29-23(19-9-2-3-10-19)27-20-11-6-8-18(16-20)17-26-22-21(12-7-13-25-22)24(30)28-14-4-1-5-15-28/h6-8,11-13,16,19H,1-5,9-10,14-15,17H2,(H,25,26)(H,27,29). The zero-order valence-corrected chi connectivity index (χ0v) is 17.4. The average Bonchev–Trinajstić information content (AvgIpc) is 3.34. The molecule has 1 aromatic heterocycles. The number of nitrogens with zero attached hydrogens (tertiary/aromatic N) is 2. The second-order valence-corrected chi connectivity index (χ2v) is 8.28. The molecule has 6 heteroatoms. The van der Waals surface area contributed by atoms with Crippen LogP contribution in [0.25, 0.3) is 0 Å². The number of hydrogen-bond acceptors (Lipinski definition) is 4. The molecule has 0 atom stereocenters. The van der Waals surface area contributed by atoms with Gasteiger partial charge in [0.15, 0.2) is 0 Å². The van der Waals surface area contributed by atoms with Crippen molar-refractivity contribution in [2.75, 3.05) is 23.7 Å². The molecule has 0 bridgehead atoms. The molecule has 158 valence electrons. The first-order valence-electron chi connectivity index (χ1n) is 11.1. The number of hydrogen-bond donors (Lipinski definition) is 2. The van der Waals surface area contributed by atoms with Crippen molar-refractivity contribution >= 4 is 23.3 Å². The molecular weight excluding hydrogens is 376 g/mol. The van der Waals surface area contributed by atoms with Crippen LogP contribution in [0.1, 0.15) is 60.9 Å². The summed E-state index contributed by atoms with van der Waals surface area (Å²) in [5.41, 5.74) is 2.46. The van der Waals surface area contributed by atoms with Gasteiger partial charge in [-0.3, -0.25) is 9.59 Å². The van der Waals surface area contributed by atoms with Crippen molar-refractivity contribution in [3.63, 3.8) is 0 Å². The van der Waals surface area contributed by atoms with Crippen LogP contribution in [0.15, 0.2) is 42.6 Å². The summed E-state index contributed by atoms with van der Waals surface area (Å²) in [5, 5.41) is 6.37. The average molecular weight is 407 g/mol. The first-order valence-corrected chi connectivity index (χ1v) is 11.1. The van der Waals surface area contributed by atoms with Gasteiger partial charge in [0.1, 0.15) is 5.82 Å². The highest BCUT2D eigenvalue weighted by atomic mass is 16.2. The summed E-state index contributed by atoms with van der Waals surface area (Å²) < 4.78 is 0. The van der Waals surface area contributed by atoms with Crippen LogP contribution >= 0.6 is 0 Å². The number of carbonyl (C=O) groups excluding carboxylic acids is 2. The quantitative estimate of drug-likeness (QED) is 0.743. The lowest BCUT2D eigenvalue weighted by Gasteiger charge is -2.27. The monoisotopic (exact) mass is 406 g/mol. The normalized spacial score (nSPS) is 17.0. The Bertz CT molecular complexity index is 886. The molecule has 6 nitrogen and oxygen atoms in total. The number of pyridine rings is 1. The molecule has 0 radical (unpaired) electrons. The topological polar surface area (TPSA) is 74.3 Å². The Labute approximate surface area is 178 Å². The molecule has 1 saturated carbocycles. The number of carbonyl (C=O) groups is 2. The van der Waals surface area contributed by atoms with Gasteiger partial charge in [-0.15, -0.1) is 0 Å². The Hall–Kier alpha value is -2.89. The van der Waals surface area contributed by atoms with Gasteiger partial charge < -0.3 is 15.5 Å². The largest absolute Gasteiger partial charge is 0.365 e. The van der Waals surface area contributed by atoms with Gasteiger partial charge in [-0.25, -0.2) is 4.98 Å². The molecule has 1 saturated heterocycles. The van der Waals surface area contributed by atoms with Gasteiger partial charge in [0.2, 0.25) is 5.91 Å². The van der Waals surface area contributed by atoms with E-state index in [-0.39, 0.29) is 17.7 Å². The fourth-order valence-corrected chi connectivity index (χ4v) is 4.36. The highest BCUT2D eigenvalue weighted by molar-refractivity contribution is 5.98. The zero-order valence-electron chi connectivity index (χ0n) is 17.4. The molecule has 2 heterocycles. The van der Waals surface area contributed by atoms with Crippen molar-refractivity contribution in [3.8, 4) is 0 Å². The van der Waals surface area contributed by atoms with Gasteiger partial charge in [0.05, 0.1) is 5.56 Å². The number of rotatable bonds is 6. The molecule has 2 aromatic rings. The summed E-state index contributed by atoms with van der Waals surface area (Å²) in [4.78, 5) is 31.7. The molecule has 0 spiro atoms. The van der Waals surface area contributed by atoms with Gasteiger partial charge in [-0.1, -0.05) is 25.0 Å². The molecular formula is C24H30N4O2. The van der Waals surface area contributed by atoms with E-state index in [0.29, 0.717) is 17.9 Å². The van der Waals surface area contributed by atoms with Crippen LogP contribution in [0, 0.1) is 5.92 Å². The third-order valence-corrected chi connectivity index (χ3v) is 6.06. The van der Waals surface area contributed by atoms with Gasteiger partial charge in [0, 0.05) is 37.4 Å². The summed E-state index contributed by atoms with van der Waals surface area (Å²) in [6.07, 6.45) is 9.28. The maximum absolute atomic E-state index is 12.9. The summed E-state index contributed by atoms with van der Waals surface area (Å²) in [6.45, 7) is 2.16. The van der Waals surface area contributed by atoms with Crippen molar-refractivity contribution in [2.24, 2.45) is 5.92 Å². The molecule has 2 amide bonds. The first kappa shape index (κ1) is 20.4. The molecule has 30 heavy (non-hydrogen) atoms. The van der Waals surface area contributed by atoms with E-state index in [1.165, 1.54) is 6.42 Å². The number of aromatic nitrogens is 1. The molecule has 1 aliphatic heterocycles. The van der Waals surface area contributed by atoms with E-state index in [4.69, 9.17) is 0 Å². The third kappa shape index (κ3) is 4.99. The van der Waals surface area contributed by atoms with Crippen LogP contribution in [0.4, 0.5) is 11.5 Å². The van der Waals surface area contributed by atoms with E-state index in [0.717, 1.165) is 62.9 Å². The number of likely N-dealkylation sites (tertiary alicyclic amines) is 1. The van der Waals surface area contributed by atoms with Crippen LogP contribution in [0.3, 0.4) is 0 Å². The lowest BCUT2D eigenvalue weighted by Crippen LogP contribution is -2.36. The third-order valence-electron chi connectivity index (χ3n) is 6.06. The molecule has 2 aliphatic rings. The minimum atomic E-state index is 0.0443. The van der Waals surface area contributed by atoms with Crippen LogP contribution in [-0.2, 0) is 11.3 Å². The highest BCUT2D eigenvalue weighted by Crippen LogP contribution is 2.26. The van der Waals surface area contributed by atoms with E-state index in [1.807, 2.05) is 41.3 Å². The van der Waals surface area contributed by atoms with E-state index in [2.05, 4.69) is 15.6 Å². The zero-order chi connectivity index (χ0) is 20.8. The second kappa shape index (κ2) is 9.74. The maximum Gasteiger partial charge on any atom is 0.257 e. The highest BCUT2D eigenvalue weighted by Gasteiger charge is 2.23. The van der Waals surface area contributed by atoms with Crippen LogP contribution in [0.2, 0.25) is 0 Å². The first-order chi connectivity index (χ1) is 14.7. The predicted molar refractivity (Wildman–Crippen MR) is 118 cm³/mol. The lowest BCUT2D eigenvalue weighted by atomic mass is 10.1. The number of piperidine rings is 1. The smallest absolute Gasteiger partial charge is 0.257 e. The molecule has 4 rings (SSSR count). The van der Waals surface area contributed by atoms with E-state index >= 15 is 0 Å². The Balaban J connectivity index is 1.40. The number of anilines is 2. The SMILES string of the molecule is O=C(Nc1cccc(CNc2ncccc2C(=O)N2CCCCC2)c1)C1CCCC1.